The van der Waals surface area contributed by atoms with Crippen molar-refractivity contribution in [2.45, 2.75) is 0 Å². The standard InChI is InChI=1S/C13H16N4O3S/c1-15(11(18)8-16-3-5-20-6-4-16)17-9-14-10-2-7-21-12(10)13(17)19/h2,7,9H,3-6,8H2,1H3. The average molecular weight is 308 g/mol. The van der Waals surface area contributed by atoms with Crippen LogP contribution in [0.3, 0.4) is 0 Å². The Labute approximate surface area is 125 Å². The van der Waals surface area contributed by atoms with Gasteiger partial charge in [-0.2, -0.15) is 0 Å². The molecule has 0 aliphatic carbocycles. The van der Waals surface area contributed by atoms with Crippen LogP contribution >= 0.6 is 11.3 Å². The van der Waals surface area contributed by atoms with Gasteiger partial charge < -0.3 is 4.74 Å². The Kier molecular flexibility index (Phi) is 4.00. The van der Waals surface area contributed by atoms with Gasteiger partial charge >= 0.3 is 0 Å². The summed E-state index contributed by atoms with van der Waals surface area (Å²) in [5, 5.41) is 3.14. The van der Waals surface area contributed by atoms with Gasteiger partial charge in [0.1, 0.15) is 11.0 Å². The van der Waals surface area contributed by atoms with Gasteiger partial charge in [0.2, 0.25) is 0 Å². The van der Waals surface area contributed by atoms with Crippen molar-refractivity contribution in [2.24, 2.45) is 0 Å². The molecule has 1 aliphatic heterocycles. The van der Waals surface area contributed by atoms with Crippen LogP contribution in [0.5, 0.6) is 0 Å². The van der Waals surface area contributed by atoms with Crippen LogP contribution < -0.4 is 10.6 Å². The summed E-state index contributed by atoms with van der Waals surface area (Å²) in [5.41, 5.74) is 0.447. The minimum Gasteiger partial charge on any atom is -0.379 e. The number of morpholine rings is 1. The molecule has 1 saturated heterocycles. The lowest BCUT2D eigenvalue weighted by molar-refractivity contribution is -0.122. The first-order valence-electron chi connectivity index (χ1n) is 6.68. The number of thiophene rings is 1. The van der Waals surface area contributed by atoms with Gasteiger partial charge in [-0.1, -0.05) is 0 Å². The maximum atomic E-state index is 12.3. The lowest BCUT2D eigenvalue weighted by Crippen LogP contribution is -2.49. The predicted octanol–water partition coefficient (Wildman–Crippen LogP) is -0.115. The van der Waals surface area contributed by atoms with Crippen molar-refractivity contribution in [1.29, 1.82) is 0 Å². The van der Waals surface area contributed by atoms with E-state index >= 15 is 0 Å². The molecule has 2 aromatic rings. The molecule has 3 heterocycles. The molecule has 1 fully saturated rings. The molecule has 3 rings (SSSR count). The first-order chi connectivity index (χ1) is 10.2. The summed E-state index contributed by atoms with van der Waals surface area (Å²) in [6, 6.07) is 1.79. The number of ether oxygens (including phenoxy) is 1. The van der Waals surface area contributed by atoms with Crippen LogP contribution in [0.15, 0.2) is 22.6 Å². The molecule has 1 amide bonds. The summed E-state index contributed by atoms with van der Waals surface area (Å²) in [7, 11) is 1.59. The van der Waals surface area contributed by atoms with E-state index in [0.717, 1.165) is 13.1 Å². The molecule has 0 atom stereocenters. The SMILES string of the molecule is CN(C(=O)CN1CCOCC1)n1cnc2ccsc2c1=O. The first-order valence-corrected chi connectivity index (χ1v) is 7.56. The Hall–Kier alpha value is -1.77. The quantitative estimate of drug-likeness (QED) is 0.791. The molecule has 1 aliphatic rings. The Balaban J connectivity index is 1.79. The van der Waals surface area contributed by atoms with Gasteiger partial charge in [-0.25, -0.2) is 14.7 Å². The molecule has 0 radical (unpaired) electrons. The summed E-state index contributed by atoms with van der Waals surface area (Å²) in [6.07, 6.45) is 1.40. The third-order valence-corrected chi connectivity index (χ3v) is 4.39. The van der Waals surface area contributed by atoms with Crippen molar-refractivity contribution >= 4 is 27.5 Å². The van der Waals surface area contributed by atoms with Gasteiger partial charge in [-0.3, -0.25) is 14.5 Å². The highest BCUT2D eigenvalue weighted by molar-refractivity contribution is 7.17. The maximum Gasteiger partial charge on any atom is 0.290 e. The topological polar surface area (TPSA) is 67.7 Å². The van der Waals surface area contributed by atoms with Crippen LogP contribution in [0.1, 0.15) is 0 Å². The summed E-state index contributed by atoms with van der Waals surface area (Å²) in [6.45, 7) is 3.02. The number of hydrogen-bond acceptors (Lipinski definition) is 6. The lowest BCUT2D eigenvalue weighted by atomic mass is 10.4. The second-order valence-electron chi connectivity index (χ2n) is 4.84. The van der Waals surface area contributed by atoms with E-state index in [0.29, 0.717) is 23.4 Å². The molecule has 0 N–H and O–H groups in total. The summed E-state index contributed by atoms with van der Waals surface area (Å²) in [5.74, 6) is -0.142. The van der Waals surface area contributed by atoms with Crippen molar-refractivity contribution in [3.05, 3.63) is 28.1 Å². The van der Waals surface area contributed by atoms with Gasteiger partial charge in [0.05, 0.1) is 25.3 Å². The highest BCUT2D eigenvalue weighted by atomic mass is 32.1. The minimum absolute atomic E-state index is 0.142. The number of rotatable bonds is 3. The van der Waals surface area contributed by atoms with Crippen molar-refractivity contribution in [3.8, 4) is 0 Å². The number of carbonyl (C=O) groups is 1. The van der Waals surface area contributed by atoms with E-state index < -0.39 is 0 Å². The Morgan fingerprint density at radius 3 is 3.00 bits per heavy atom. The van der Waals surface area contributed by atoms with Crippen LogP contribution in [-0.4, -0.2) is 60.4 Å². The summed E-state index contributed by atoms with van der Waals surface area (Å²) in [4.78, 5) is 30.8. The highest BCUT2D eigenvalue weighted by Gasteiger charge is 2.19. The normalized spacial score (nSPS) is 16.2. The smallest absolute Gasteiger partial charge is 0.290 e. The zero-order valence-corrected chi connectivity index (χ0v) is 12.5. The molecule has 0 spiro atoms. The van der Waals surface area contributed by atoms with Crippen LogP contribution in [0.2, 0.25) is 0 Å². The van der Waals surface area contributed by atoms with Crippen LogP contribution in [0.4, 0.5) is 0 Å². The predicted molar refractivity (Wildman–Crippen MR) is 80.3 cm³/mol. The van der Waals surface area contributed by atoms with E-state index in [9.17, 15) is 9.59 Å². The monoisotopic (exact) mass is 308 g/mol. The van der Waals surface area contributed by atoms with E-state index in [1.165, 1.54) is 27.3 Å². The lowest BCUT2D eigenvalue weighted by Gasteiger charge is -2.28. The summed E-state index contributed by atoms with van der Waals surface area (Å²) >= 11 is 1.33. The molecule has 21 heavy (non-hydrogen) atoms. The Bertz CT molecular complexity index is 705. The zero-order valence-electron chi connectivity index (χ0n) is 11.7. The Morgan fingerprint density at radius 2 is 2.24 bits per heavy atom. The van der Waals surface area contributed by atoms with Gasteiger partial charge in [-0.05, 0) is 11.4 Å². The summed E-state index contributed by atoms with van der Waals surface area (Å²) < 4.78 is 7.08. The van der Waals surface area contributed by atoms with Crippen molar-refractivity contribution in [2.75, 3.05) is 44.9 Å². The molecule has 0 saturated carbocycles. The fourth-order valence-electron chi connectivity index (χ4n) is 2.22. The maximum absolute atomic E-state index is 12.3. The molecular weight excluding hydrogens is 292 g/mol. The second-order valence-corrected chi connectivity index (χ2v) is 5.75. The van der Waals surface area contributed by atoms with Crippen LogP contribution in [0.25, 0.3) is 10.2 Å². The molecular formula is C13H16N4O3S. The van der Waals surface area contributed by atoms with Crippen molar-refractivity contribution in [3.63, 3.8) is 0 Å². The third-order valence-electron chi connectivity index (χ3n) is 3.50. The molecule has 7 nitrogen and oxygen atoms in total. The molecule has 0 unspecified atom stereocenters. The van der Waals surface area contributed by atoms with Gasteiger partial charge in [0.25, 0.3) is 11.5 Å². The number of aromatic nitrogens is 2. The van der Waals surface area contributed by atoms with Gasteiger partial charge in [0.15, 0.2) is 0 Å². The fraction of sp³-hybridized carbons (Fsp3) is 0.462. The van der Waals surface area contributed by atoms with E-state index in [1.807, 2.05) is 10.3 Å². The van der Waals surface area contributed by atoms with E-state index in [2.05, 4.69) is 4.98 Å². The van der Waals surface area contributed by atoms with E-state index in [-0.39, 0.29) is 18.0 Å². The van der Waals surface area contributed by atoms with E-state index in [4.69, 9.17) is 4.74 Å². The molecule has 0 aromatic carbocycles. The van der Waals surface area contributed by atoms with Crippen molar-refractivity contribution < 1.29 is 9.53 Å². The highest BCUT2D eigenvalue weighted by Crippen LogP contribution is 2.13. The number of nitrogens with zero attached hydrogens (tertiary/aromatic N) is 4. The second kappa shape index (κ2) is 5.92. The average Bonchev–Trinajstić information content (AvgIpc) is 2.97. The number of hydrogen-bond donors (Lipinski definition) is 0. The largest absolute Gasteiger partial charge is 0.379 e. The fourth-order valence-corrected chi connectivity index (χ4v) is 2.99. The van der Waals surface area contributed by atoms with Gasteiger partial charge in [-0.15, -0.1) is 11.3 Å². The molecule has 112 valence electrons. The van der Waals surface area contributed by atoms with Crippen molar-refractivity contribution in [1.82, 2.24) is 14.6 Å². The number of fused-ring (bicyclic) bond motifs is 1. The van der Waals surface area contributed by atoms with Gasteiger partial charge in [0, 0.05) is 20.1 Å². The third kappa shape index (κ3) is 2.82. The van der Waals surface area contributed by atoms with Crippen LogP contribution in [-0.2, 0) is 9.53 Å². The first kappa shape index (κ1) is 14.2. The minimum atomic E-state index is -0.215. The number of amides is 1. The number of carbonyl (C=O) groups excluding carboxylic acids is 1. The van der Waals surface area contributed by atoms with Crippen LogP contribution in [0, 0.1) is 0 Å². The Morgan fingerprint density at radius 1 is 1.48 bits per heavy atom. The molecule has 2 aromatic heterocycles. The van der Waals surface area contributed by atoms with E-state index in [1.54, 1.807) is 13.1 Å². The zero-order chi connectivity index (χ0) is 14.8. The molecule has 0 bridgehead atoms. The molecule has 8 heteroatoms. The number of likely N-dealkylation sites (N-methyl/N-ethyl adjacent to an activating group) is 1.